The molecular formula is C9H11N3. The molecule has 0 atom stereocenters. The molecular weight excluding hydrogens is 150 g/mol. The van der Waals surface area contributed by atoms with Crippen molar-refractivity contribution in [2.75, 3.05) is 0 Å². The second kappa shape index (κ2) is 2.59. The van der Waals surface area contributed by atoms with Crippen LogP contribution in [0.4, 0.5) is 0 Å². The molecule has 0 saturated carbocycles. The van der Waals surface area contributed by atoms with E-state index in [2.05, 4.69) is 21.5 Å². The van der Waals surface area contributed by atoms with Crippen LogP contribution in [0.25, 0.3) is 11.0 Å². The van der Waals surface area contributed by atoms with E-state index in [4.69, 9.17) is 0 Å². The topological polar surface area (TPSA) is 30.7 Å². The van der Waals surface area contributed by atoms with Gasteiger partial charge in [0.2, 0.25) is 0 Å². The Bertz CT molecular complexity index is 403. The van der Waals surface area contributed by atoms with Crippen LogP contribution in [0, 0.1) is 6.92 Å². The van der Waals surface area contributed by atoms with E-state index in [0.717, 1.165) is 17.9 Å². The van der Waals surface area contributed by atoms with E-state index < -0.39 is 0 Å². The predicted octanol–water partition coefficient (Wildman–Crippen LogP) is 1.76. The van der Waals surface area contributed by atoms with Gasteiger partial charge in [0.25, 0.3) is 0 Å². The molecule has 0 saturated heterocycles. The van der Waals surface area contributed by atoms with Crippen LogP contribution in [0.3, 0.4) is 0 Å². The first-order chi connectivity index (χ1) is 5.83. The quantitative estimate of drug-likeness (QED) is 0.638. The maximum atomic E-state index is 4.38. The lowest BCUT2D eigenvalue weighted by Gasteiger charge is -1.99. The normalized spacial score (nSPS) is 10.8. The van der Waals surface area contributed by atoms with Crippen molar-refractivity contribution in [1.29, 1.82) is 0 Å². The largest absolute Gasteiger partial charge is 0.328 e. The van der Waals surface area contributed by atoms with Crippen LogP contribution in [-0.4, -0.2) is 14.5 Å². The van der Waals surface area contributed by atoms with E-state index in [1.165, 1.54) is 5.52 Å². The summed E-state index contributed by atoms with van der Waals surface area (Å²) in [5.74, 6) is 1.06. The molecule has 2 aromatic rings. The first-order valence-corrected chi connectivity index (χ1v) is 4.09. The summed E-state index contributed by atoms with van der Waals surface area (Å²) in [5.41, 5.74) is 2.15. The standard InChI is InChI=1S/C9H11N3/c1-3-12-7(2)11-8-6-10-5-4-9(8)12/h4-6H,3H2,1-2H3. The van der Waals surface area contributed by atoms with E-state index >= 15 is 0 Å². The summed E-state index contributed by atoms with van der Waals surface area (Å²) < 4.78 is 2.18. The highest BCUT2D eigenvalue weighted by atomic mass is 15.1. The van der Waals surface area contributed by atoms with Crippen molar-refractivity contribution in [3.8, 4) is 0 Å². The van der Waals surface area contributed by atoms with Crippen LogP contribution in [-0.2, 0) is 6.54 Å². The van der Waals surface area contributed by atoms with E-state index in [9.17, 15) is 0 Å². The second-order valence-electron chi connectivity index (χ2n) is 2.77. The summed E-state index contributed by atoms with van der Waals surface area (Å²) >= 11 is 0. The molecule has 62 valence electrons. The van der Waals surface area contributed by atoms with E-state index in [1.807, 2.05) is 13.0 Å². The summed E-state index contributed by atoms with van der Waals surface area (Å²) in [6.45, 7) is 5.10. The fraction of sp³-hybridized carbons (Fsp3) is 0.333. The van der Waals surface area contributed by atoms with Crippen molar-refractivity contribution in [2.45, 2.75) is 20.4 Å². The number of rotatable bonds is 1. The average molecular weight is 161 g/mol. The van der Waals surface area contributed by atoms with Crippen LogP contribution < -0.4 is 0 Å². The minimum absolute atomic E-state index is 0.965. The molecule has 0 fully saturated rings. The van der Waals surface area contributed by atoms with Gasteiger partial charge in [-0.05, 0) is 19.9 Å². The molecule has 2 rings (SSSR count). The molecule has 0 aliphatic rings. The van der Waals surface area contributed by atoms with Gasteiger partial charge in [-0.3, -0.25) is 4.98 Å². The van der Waals surface area contributed by atoms with Crippen molar-refractivity contribution in [3.05, 3.63) is 24.3 Å². The lowest BCUT2D eigenvalue weighted by molar-refractivity contribution is 0.753. The zero-order chi connectivity index (χ0) is 8.55. The SMILES string of the molecule is CCn1c(C)nc2cnccc21. The van der Waals surface area contributed by atoms with Gasteiger partial charge in [-0.15, -0.1) is 0 Å². The maximum absolute atomic E-state index is 4.38. The Morgan fingerprint density at radius 2 is 2.33 bits per heavy atom. The molecule has 3 nitrogen and oxygen atoms in total. The maximum Gasteiger partial charge on any atom is 0.107 e. The first-order valence-electron chi connectivity index (χ1n) is 4.09. The van der Waals surface area contributed by atoms with E-state index in [-0.39, 0.29) is 0 Å². The van der Waals surface area contributed by atoms with Gasteiger partial charge in [-0.1, -0.05) is 0 Å². The fourth-order valence-corrected chi connectivity index (χ4v) is 1.50. The molecule has 0 unspecified atom stereocenters. The minimum Gasteiger partial charge on any atom is -0.328 e. The number of pyridine rings is 1. The number of aromatic nitrogens is 3. The van der Waals surface area contributed by atoms with Gasteiger partial charge in [0.1, 0.15) is 11.3 Å². The highest BCUT2D eigenvalue weighted by Gasteiger charge is 2.03. The zero-order valence-corrected chi connectivity index (χ0v) is 7.28. The van der Waals surface area contributed by atoms with Crippen LogP contribution in [0.15, 0.2) is 18.5 Å². The molecule has 0 radical (unpaired) electrons. The third-order valence-corrected chi connectivity index (χ3v) is 2.06. The van der Waals surface area contributed by atoms with Gasteiger partial charge >= 0.3 is 0 Å². The smallest absolute Gasteiger partial charge is 0.107 e. The Morgan fingerprint density at radius 1 is 1.50 bits per heavy atom. The Hall–Kier alpha value is -1.38. The summed E-state index contributed by atoms with van der Waals surface area (Å²) in [6.07, 6.45) is 3.60. The van der Waals surface area contributed by atoms with Crippen molar-refractivity contribution in [3.63, 3.8) is 0 Å². The summed E-state index contributed by atoms with van der Waals surface area (Å²) in [6, 6.07) is 2.00. The monoisotopic (exact) mass is 161 g/mol. The molecule has 12 heavy (non-hydrogen) atoms. The number of imidazole rings is 1. The molecule has 0 bridgehead atoms. The Kier molecular flexibility index (Phi) is 1.57. The molecule has 0 aliphatic heterocycles. The van der Waals surface area contributed by atoms with Gasteiger partial charge in [0.15, 0.2) is 0 Å². The molecule has 0 spiro atoms. The van der Waals surface area contributed by atoms with Gasteiger partial charge in [-0.2, -0.15) is 0 Å². The molecule has 2 aromatic heterocycles. The molecule has 2 heterocycles. The number of nitrogens with zero attached hydrogens (tertiary/aromatic N) is 3. The summed E-state index contributed by atoms with van der Waals surface area (Å²) in [7, 11) is 0. The molecule has 0 amide bonds. The lowest BCUT2D eigenvalue weighted by atomic mass is 10.4. The molecule has 0 aliphatic carbocycles. The molecule has 3 heteroatoms. The van der Waals surface area contributed by atoms with Crippen molar-refractivity contribution in [1.82, 2.24) is 14.5 Å². The highest BCUT2D eigenvalue weighted by molar-refractivity contribution is 5.74. The highest BCUT2D eigenvalue weighted by Crippen LogP contribution is 2.13. The third kappa shape index (κ3) is 0.897. The van der Waals surface area contributed by atoms with Gasteiger partial charge in [0, 0.05) is 12.7 Å². The number of hydrogen-bond donors (Lipinski definition) is 0. The second-order valence-corrected chi connectivity index (χ2v) is 2.77. The number of hydrogen-bond acceptors (Lipinski definition) is 2. The predicted molar refractivity (Wildman–Crippen MR) is 47.9 cm³/mol. The molecule has 0 N–H and O–H groups in total. The lowest BCUT2D eigenvalue weighted by Crippen LogP contribution is -1.95. The van der Waals surface area contributed by atoms with Crippen molar-refractivity contribution < 1.29 is 0 Å². The average Bonchev–Trinajstić information content (AvgIpc) is 2.40. The van der Waals surface area contributed by atoms with Gasteiger partial charge in [0.05, 0.1) is 11.7 Å². The Morgan fingerprint density at radius 3 is 3.08 bits per heavy atom. The Balaban J connectivity index is 2.81. The fourth-order valence-electron chi connectivity index (χ4n) is 1.50. The van der Waals surface area contributed by atoms with Crippen LogP contribution >= 0.6 is 0 Å². The van der Waals surface area contributed by atoms with Crippen molar-refractivity contribution in [2.24, 2.45) is 0 Å². The minimum atomic E-state index is 0.965. The van der Waals surface area contributed by atoms with Crippen LogP contribution in [0.1, 0.15) is 12.7 Å². The number of aryl methyl sites for hydroxylation is 2. The van der Waals surface area contributed by atoms with Crippen LogP contribution in [0.5, 0.6) is 0 Å². The van der Waals surface area contributed by atoms with E-state index in [1.54, 1.807) is 12.4 Å². The van der Waals surface area contributed by atoms with Crippen molar-refractivity contribution >= 4 is 11.0 Å². The first kappa shape index (κ1) is 7.28. The van der Waals surface area contributed by atoms with Gasteiger partial charge in [-0.25, -0.2) is 4.98 Å². The molecule has 0 aromatic carbocycles. The third-order valence-electron chi connectivity index (χ3n) is 2.06. The van der Waals surface area contributed by atoms with Gasteiger partial charge < -0.3 is 4.57 Å². The Labute approximate surface area is 71.1 Å². The summed E-state index contributed by atoms with van der Waals surface area (Å²) in [5, 5.41) is 0. The van der Waals surface area contributed by atoms with Crippen LogP contribution in [0.2, 0.25) is 0 Å². The summed E-state index contributed by atoms with van der Waals surface area (Å²) in [4.78, 5) is 8.41. The number of fused-ring (bicyclic) bond motifs is 1. The zero-order valence-electron chi connectivity index (χ0n) is 7.28. The van der Waals surface area contributed by atoms with E-state index in [0.29, 0.717) is 0 Å².